The summed E-state index contributed by atoms with van der Waals surface area (Å²) >= 11 is 0. The Morgan fingerprint density at radius 1 is 0.679 bits per heavy atom. The third kappa shape index (κ3) is 6.99. The van der Waals surface area contributed by atoms with Crippen molar-refractivity contribution in [2.24, 2.45) is 0 Å². The fourth-order valence-corrected chi connectivity index (χ4v) is 2.79. The molecule has 0 aromatic carbocycles. The fraction of sp³-hybridized carbons (Fsp3) is 1.00. The zero-order valence-electron chi connectivity index (χ0n) is 15.4. The molecule has 0 radical (unpaired) electrons. The van der Waals surface area contributed by atoms with Crippen molar-refractivity contribution in [3.05, 3.63) is 0 Å². The van der Waals surface area contributed by atoms with E-state index >= 15 is 0 Å². The SMILES string of the molecule is FC(N1CCOCC1)C(F)(F)OCCCCOC(F)(F)C(F)N1CCOCC1. The maximum absolute atomic E-state index is 13.9. The smallest absolute Gasteiger partial charge is 0.379 e. The molecule has 2 aliphatic rings. The maximum Gasteiger partial charge on any atom is 0.400 e. The van der Waals surface area contributed by atoms with Gasteiger partial charge < -0.3 is 18.9 Å². The minimum Gasteiger partial charge on any atom is -0.379 e. The van der Waals surface area contributed by atoms with Gasteiger partial charge in [0.25, 0.3) is 0 Å². The highest BCUT2D eigenvalue weighted by Crippen LogP contribution is 2.28. The van der Waals surface area contributed by atoms with Gasteiger partial charge in [-0.1, -0.05) is 0 Å². The lowest BCUT2D eigenvalue weighted by Gasteiger charge is -2.33. The van der Waals surface area contributed by atoms with Gasteiger partial charge in [0.15, 0.2) is 0 Å². The number of ether oxygens (including phenoxy) is 4. The molecule has 2 unspecified atom stereocenters. The lowest BCUT2D eigenvalue weighted by molar-refractivity contribution is -0.310. The Labute approximate surface area is 159 Å². The first-order chi connectivity index (χ1) is 13.2. The van der Waals surface area contributed by atoms with Crippen molar-refractivity contribution in [1.29, 1.82) is 0 Å². The molecule has 0 aromatic heterocycles. The van der Waals surface area contributed by atoms with Crippen LogP contribution < -0.4 is 0 Å². The Bertz CT molecular complexity index is 411. The van der Waals surface area contributed by atoms with Crippen molar-refractivity contribution < 1.29 is 45.3 Å². The van der Waals surface area contributed by atoms with Crippen molar-refractivity contribution in [2.75, 3.05) is 65.8 Å². The Hall–Kier alpha value is -0.660. The number of unbranched alkanes of at least 4 members (excludes halogenated alkanes) is 1. The van der Waals surface area contributed by atoms with Gasteiger partial charge in [-0.15, -0.1) is 0 Å². The highest BCUT2D eigenvalue weighted by atomic mass is 19.3. The molecule has 0 saturated carbocycles. The van der Waals surface area contributed by atoms with E-state index in [-0.39, 0.29) is 65.4 Å². The number of nitrogens with zero attached hydrogens (tertiary/aromatic N) is 2. The van der Waals surface area contributed by atoms with E-state index in [1.807, 2.05) is 0 Å². The van der Waals surface area contributed by atoms with Crippen LogP contribution in [0.1, 0.15) is 12.8 Å². The second kappa shape index (κ2) is 10.9. The number of morpholine rings is 2. The van der Waals surface area contributed by atoms with Gasteiger partial charge in [-0.3, -0.25) is 9.80 Å². The molecule has 28 heavy (non-hydrogen) atoms. The second-order valence-corrected chi connectivity index (χ2v) is 6.50. The van der Waals surface area contributed by atoms with Gasteiger partial charge in [-0.2, -0.15) is 17.6 Å². The number of alkyl halides is 6. The Kier molecular flexibility index (Phi) is 9.22. The van der Waals surface area contributed by atoms with Gasteiger partial charge in [-0.25, -0.2) is 8.78 Å². The topological polar surface area (TPSA) is 43.4 Å². The van der Waals surface area contributed by atoms with Crippen LogP contribution in [0.25, 0.3) is 0 Å². The second-order valence-electron chi connectivity index (χ2n) is 6.50. The quantitative estimate of drug-likeness (QED) is 0.288. The lowest BCUT2D eigenvalue weighted by Crippen LogP contribution is -2.51. The van der Waals surface area contributed by atoms with Crippen LogP contribution >= 0.6 is 0 Å². The van der Waals surface area contributed by atoms with Crippen molar-refractivity contribution in [2.45, 2.75) is 37.7 Å². The molecule has 0 spiro atoms. The summed E-state index contributed by atoms with van der Waals surface area (Å²) in [6, 6.07) is 0. The van der Waals surface area contributed by atoms with Crippen molar-refractivity contribution in [1.82, 2.24) is 9.80 Å². The third-order valence-electron chi connectivity index (χ3n) is 4.41. The molecule has 6 nitrogen and oxygen atoms in total. The minimum atomic E-state index is -4.03. The van der Waals surface area contributed by atoms with Crippen molar-refractivity contribution in [3.63, 3.8) is 0 Å². The van der Waals surface area contributed by atoms with Crippen molar-refractivity contribution in [3.8, 4) is 0 Å². The maximum atomic E-state index is 13.9. The Morgan fingerprint density at radius 2 is 1.00 bits per heavy atom. The highest BCUT2D eigenvalue weighted by molar-refractivity contribution is 4.74. The summed E-state index contributed by atoms with van der Waals surface area (Å²) in [5.41, 5.74) is 0. The van der Waals surface area contributed by atoms with E-state index in [4.69, 9.17) is 9.47 Å². The molecule has 166 valence electrons. The first-order valence-electron chi connectivity index (χ1n) is 9.19. The monoisotopic (exact) mass is 424 g/mol. The number of rotatable bonds is 11. The molecule has 0 N–H and O–H groups in total. The summed E-state index contributed by atoms with van der Waals surface area (Å²) in [7, 11) is 0. The van der Waals surface area contributed by atoms with Gasteiger partial charge in [-0.05, 0) is 12.8 Å². The van der Waals surface area contributed by atoms with Gasteiger partial charge in [0.1, 0.15) is 0 Å². The fourth-order valence-electron chi connectivity index (χ4n) is 2.79. The van der Waals surface area contributed by atoms with Gasteiger partial charge >= 0.3 is 12.2 Å². The van der Waals surface area contributed by atoms with E-state index in [1.54, 1.807) is 0 Å². The third-order valence-corrected chi connectivity index (χ3v) is 4.41. The highest BCUT2D eigenvalue weighted by Gasteiger charge is 2.46. The molecule has 2 heterocycles. The normalized spacial score (nSPS) is 22.9. The Balaban J connectivity index is 1.62. The molecule has 0 aliphatic carbocycles. The van der Waals surface area contributed by atoms with Crippen LogP contribution in [-0.2, 0) is 18.9 Å². The standard InChI is InChI=1S/C16H26F6N2O4/c17-13(23-3-9-25-10-4-23)15(19,20)27-7-1-2-8-28-16(21,22)14(18)24-5-11-26-12-6-24/h13-14H,1-12H2. The van der Waals surface area contributed by atoms with Gasteiger partial charge in [0.2, 0.25) is 12.6 Å². The minimum absolute atomic E-state index is 0.0244. The van der Waals surface area contributed by atoms with E-state index in [0.717, 1.165) is 9.80 Å². The van der Waals surface area contributed by atoms with Crippen LogP contribution in [0.3, 0.4) is 0 Å². The van der Waals surface area contributed by atoms with Crippen LogP contribution in [0.15, 0.2) is 0 Å². The molecule has 2 rings (SSSR count). The van der Waals surface area contributed by atoms with E-state index in [0.29, 0.717) is 0 Å². The summed E-state index contributed by atoms with van der Waals surface area (Å²) in [6.45, 7) is -0.376. The van der Waals surface area contributed by atoms with Crippen LogP contribution in [0.4, 0.5) is 26.3 Å². The molecular weight excluding hydrogens is 398 g/mol. The van der Waals surface area contributed by atoms with Crippen molar-refractivity contribution >= 4 is 0 Å². The summed E-state index contributed by atoms with van der Waals surface area (Å²) in [6.07, 6.45) is -13.4. The van der Waals surface area contributed by atoms with E-state index in [9.17, 15) is 26.3 Å². The average Bonchev–Trinajstić information content (AvgIpc) is 2.70. The lowest BCUT2D eigenvalue weighted by atomic mass is 10.3. The molecule has 2 saturated heterocycles. The summed E-state index contributed by atoms with van der Waals surface area (Å²) in [5.74, 6) is 0. The summed E-state index contributed by atoms with van der Waals surface area (Å²) in [4.78, 5) is 1.83. The molecule has 2 aliphatic heterocycles. The molecule has 0 amide bonds. The molecular formula is C16H26F6N2O4. The van der Waals surface area contributed by atoms with Crippen LogP contribution in [0, 0.1) is 0 Å². The summed E-state index contributed by atoms with van der Waals surface area (Å²) in [5, 5.41) is 0. The predicted molar refractivity (Wildman–Crippen MR) is 85.6 cm³/mol. The predicted octanol–water partition coefficient (Wildman–Crippen LogP) is 2.24. The van der Waals surface area contributed by atoms with Gasteiger partial charge in [0, 0.05) is 26.2 Å². The average molecular weight is 424 g/mol. The van der Waals surface area contributed by atoms with E-state index in [1.165, 1.54) is 0 Å². The summed E-state index contributed by atoms with van der Waals surface area (Å²) < 4.78 is 101. The molecule has 2 fully saturated rings. The van der Waals surface area contributed by atoms with E-state index < -0.39 is 38.0 Å². The Morgan fingerprint density at radius 3 is 1.32 bits per heavy atom. The first-order valence-corrected chi connectivity index (χ1v) is 9.19. The van der Waals surface area contributed by atoms with Crippen LogP contribution in [-0.4, -0.2) is 100 Å². The largest absolute Gasteiger partial charge is 0.400 e. The molecule has 0 aromatic rings. The molecule has 12 heteroatoms. The molecule has 2 atom stereocenters. The number of hydrogen-bond donors (Lipinski definition) is 0. The zero-order valence-corrected chi connectivity index (χ0v) is 15.4. The first kappa shape index (κ1) is 23.6. The number of halogens is 6. The zero-order chi connectivity index (χ0) is 20.6. The molecule has 0 bridgehead atoms. The van der Waals surface area contributed by atoms with E-state index in [2.05, 4.69) is 9.47 Å². The van der Waals surface area contributed by atoms with Gasteiger partial charge in [0.05, 0.1) is 39.6 Å². The number of hydrogen-bond acceptors (Lipinski definition) is 6. The van der Waals surface area contributed by atoms with Crippen LogP contribution in [0.2, 0.25) is 0 Å². The van der Waals surface area contributed by atoms with Crippen LogP contribution in [0.5, 0.6) is 0 Å².